The van der Waals surface area contributed by atoms with Gasteiger partial charge >= 0.3 is 0 Å². The minimum atomic E-state index is 0.511. The molecule has 2 rings (SSSR count). The van der Waals surface area contributed by atoms with Crippen molar-refractivity contribution in [2.75, 3.05) is 13.6 Å². The summed E-state index contributed by atoms with van der Waals surface area (Å²) in [5, 5.41) is 8.47. The summed E-state index contributed by atoms with van der Waals surface area (Å²) in [5.41, 5.74) is 4.90. The number of nitrogens with zero attached hydrogens (tertiary/aromatic N) is 2. The first-order valence-corrected chi connectivity index (χ1v) is 7.77. The van der Waals surface area contributed by atoms with Crippen LogP contribution in [0.2, 0.25) is 5.15 Å². The monoisotopic (exact) mass is 305 g/mol. The Morgan fingerprint density at radius 2 is 2.05 bits per heavy atom. The van der Waals surface area contributed by atoms with Crippen LogP contribution < -0.4 is 5.32 Å². The first-order chi connectivity index (χ1) is 10.0. The standard InChI is InChI=1S/C17H24ClN3/c1-12-6-5-7-14(8-12)9-15(11-19-3)10-16-13(2)20-21(4)17(16)18/h5-8,15,19H,9-11H2,1-4H3. The molecule has 4 heteroatoms. The van der Waals surface area contributed by atoms with Gasteiger partial charge in [-0.15, -0.1) is 0 Å². The number of hydrogen-bond acceptors (Lipinski definition) is 2. The number of rotatable bonds is 6. The van der Waals surface area contributed by atoms with Gasteiger partial charge < -0.3 is 5.32 Å². The third-order valence-electron chi connectivity index (χ3n) is 3.86. The summed E-state index contributed by atoms with van der Waals surface area (Å²) in [7, 11) is 3.90. The predicted octanol–water partition coefficient (Wildman–Crippen LogP) is 3.31. The van der Waals surface area contributed by atoms with Crippen LogP contribution in [0.3, 0.4) is 0 Å². The molecule has 0 aliphatic heterocycles. The fourth-order valence-corrected chi connectivity index (χ4v) is 3.12. The van der Waals surface area contributed by atoms with Crippen molar-refractivity contribution < 1.29 is 0 Å². The van der Waals surface area contributed by atoms with Crippen LogP contribution >= 0.6 is 11.6 Å². The van der Waals surface area contributed by atoms with E-state index in [0.29, 0.717) is 5.92 Å². The Kier molecular flexibility index (Phi) is 5.43. The Labute approximate surface area is 132 Å². The van der Waals surface area contributed by atoms with E-state index in [1.165, 1.54) is 16.7 Å². The van der Waals surface area contributed by atoms with E-state index in [9.17, 15) is 0 Å². The van der Waals surface area contributed by atoms with Crippen LogP contribution in [-0.4, -0.2) is 23.4 Å². The number of aryl methyl sites for hydroxylation is 3. The van der Waals surface area contributed by atoms with Crippen molar-refractivity contribution in [2.45, 2.75) is 26.7 Å². The third-order valence-corrected chi connectivity index (χ3v) is 4.34. The summed E-state index contributed by atoms with van der Waals surface area (Å²) >= 11 is 6.37. The van der Waals surface area contributed by atoms with Gasteiger partial charge in [0.15, 0.2) is 0 Å². The lowest BCUT2D eigenvalue weighted by Crippen LogP contribution is -2.23. The molecule has 1 N–H and O–H groups in total. The van der Waals surface area contributed by atoms with Crippen LogP contribution in [0.25, 0.3) is 0 Å². The topological polar surface area (TPSA) is 29.9 Å². The Balaban J connectivity index is 2.15. The molecule has 1 unspecified atom stereocenters. The van der Waals surface area contributed by atoms with Crippen molar-refractivity contribution in [3.8, 4) is 0 Å². The molecule has 0 aliphatic carbocycles. The highest BCUT2D eigenvalue weighted by Crippen LogP contribution is 2.24. The Bertz CT molecular complexity index is 604. The summed E-state index contributed by atoms with van der Waals surface area (Å²) in [5.74, 6) is 0.511. The number of nitrogens with one attached hydrogen (secondary N) is 1. The molecule has 0 radical (unpaired) electrons. The molecule has 1 aromatic carbocycles. The maximum atomic E-state index is 6.37. The van der Waals surface area contributed by atoms with Gasteiger partial charge in [0.25, 0.3) is 0 Å². The summed E-state index contributed by atoms with van der Waals surface area (Å²) in [6.45, 7) is 5.14. The van der Waals surface area contributed by atoms with Crippen molar-refractivity contribution >= 4 is 11.6 Å². The number of halogens is 1. The van der Waals surface area contributed by atoms with Gasteiger partial charge in [0.2, 0.25) is 0 Å². The Hall–Kier alpha value is -1.32. The molecule has 0 amide bonds. The van der Waals surface area contributed by atoms with Gasteiger partial charge in [-0.1, -0.05) is 41.4 Å². The molecule has 0 saturated heterocycles. The second-order valence-corrected chi connectivity index (χ2v) is 6.16. The molecule has 0 spiro atoms. The molecule has 0 bridgehead atoms. The van der Waals surface area contributed by atoms with Crippen LogP contribution in [0.15, 0.2) is 24.3 Å². The number of benzene rings is 1. The number of hydrogen-bond donors (Lipinski definition) is 1. The first-order valence-electron chi connectivity index (χ1n) is 7.39. The van der Waals surface area contributed by atoms with E-state index < -0.39 is 0 Å². The molecule has 3 nitrogen and oxygen atoms in total. The molecular weight excluding hydrogens is 282 g/mol. The average molecular weight is 306 g/mol. The largest absolute Gasteiger partial charge is 0.319 e. The van der Waals surface area contributed by atoms with Crippen LogP contribution in [-0.2, 0) is 19.9 Å². The van der Waals surface area contributed by atoms with E-state index in [4.69, 9.17) is 11.6 Å². The number of aromatic nitrogens is 2. The van der Waals surface area contributed by atoms with Gasteiger partial charge in [-0.05, 0) is 51.8 Å². The van der Waals surface area contributed by atoms with Crippen molar-refractivity contribution in [1.82, 2.24) is 15.1 Å². The lowest BCUT2D eigenvalue weighted by atomic mass is 9.92. The van der Waals surface area contributed by atoms with Gasteiger partial charge in [0, 0.05) is 12.6 Å². The molecule has 21 heavy (non-hydrogen) atoms. The molecule has 0 aliphatic rings. The van der Waals surface area contributed by atoms with Gasteiger partial charge in [-0.25, -0.2) is 0 Å². The second kappa shape index (κ2) is 7.10. The molecular formula is C17H24ClN3. The highest BCUT2D eigenvalue weighted by atomic mass is 35.5. The smallest absolute Gasteiger partial charge is 0.130 e. The zero-order valence-corrected chi connectivity index (χ0v) is 14.0. The molecule has 0 fully saturated rings. The molecule has 0 saturated carbocycles. The maximum absolute atomic E-state index is 6.37. The van der Waals surface area contributed by atoms with E-state index in [1.807, 2.05) is 21.0 Å². The fourth-order valence-electron chi connectivity index (χ4n) is 2.87. The van der Waals surface area contributed by atoms with E-state index in [-0.39, 0.29) is 0 Å². The van der Waals surface area contributed by atoms with E-state index >= 15 is 0 Å². The Morgan fingerprint density at radius 3 is 2.62 bits per heavy atom. The lowest BCUT2D eigenvalue weighted by Gasteiger charge is -2.17. The highest BCUT2D eigenvalue weighted by Gasteiger charge is 2.17. The second-order valence-electron chi connectivity index (χ2n) is 5.80. The SMILES string of the molecule is CNCC(Cc1cccc(C)c1)Cc1c(C)nn(C)c1Cl. The van der Waals surface area contributed by atoms with Crippen molar-refractivity contribution in [3.05, 3.63) is 51.8 Å². The minimum Gasteiger partial charge on any atom is -0.319 e. The van der Waals surface area contributed by atoms with E-state index in [2.05, 4.69) is 41.6 Å². The first kappa shape index (κ1) is 16.1. The van der Waals surface area contributed by atoms with Gasteiger partial charge in [-0.2, -0.15) is 5.10 Å². The van der Waals surface area contributed by atoms with Gasteiger partial charge in [-0.3, -0.25) is 4.68 Å². The zero-order chi connectivity index (χ0) is 15.4. The van der Waals surface area contributed by atoms with Crippen LogP contribution in [0.5, 0.6) is 0 Å². The third kappa shape index (κ3) is 4.08. The zero-order valence-electron chi connectivity index (χ0n) is 13.3. The van der Waals surface area contributed by atoms with Crippen molar-refractivity contribution in [3.63, 3.8) is 0 Å². The average Bonchev–Trinajstić information content (AvgIpc) is 2.66. The molecule has 114 valence electrons. The van der Waals surface area contributed by atoms with Crippen molar-refractivity contribution in [1.29, 1.82) is 0 Å². The van der Waals surface area contributed by atoms with Gasteiger partial charge in [0.1, 0.15) is 5.15 Å². The predicted molar refractivity (Wildman–Crippen MR) is 89.0 cm³/mol. The maximum Gasteiger partial charge on any atom is 0.130 e. The van der Waals surface area contributed by atoms with E-state index in [1.54, 1.807) is 4.68 Å². The fraction of sp³-hybridized carbons (Fsp3) is 0.471. The quantitative estimate of drug-likeness (QED) is 0.887. The van der Waals surface area contributed by atoms with E-state index in [0.717, 1.165) is 30.2 Å². The summed E-state index contributed by atoms with van der Waals surface area (Å²) in [6, 6.07) is 8.73. The van der Waals surface area contributed by atoms with Crippen LogP contribution in [0.1, 0.15) is 22.4 Å². The molecule has 1 atom stereocenters. The lowest BCUT2D eigenvalue weighted by molar-refractivity contribution is 0.492. The Morgan fingerprint density at radius 1 is 1.29 bits per heavy atom. The normalized spacial score (nSPS) is 12.6. The highest BCUT2D eigenvalue weighted by molar-refractivity contribution is 6.30. The van der Waals surface area contributed by atoms with Crippen molar-refractivity contribution in [2.24, 2.45) is 13.0 Å². The summed E-state index contributed by atoms with van der Waals surface area (Å²) < 4.78 is 1.76. The minimum absolute atomic E-state index is 0.511. The van der Waals surface area contributed by atoms with Gasteiger partial charge in [0.05, 0.1) is 5.69 Å². The molecule has 1 aromatic heterocycles. The molecule has 2 aromatic rings. The van der Waals surface area contributed by atoms with Crippen LogP contribution in [0, 0.1) is 19.8 Å². The summed E-state index contributed by atoms with van der Waals surface area (Å²) in [6.07, 6.45) is 2.00. The molecule has 1 heterocycles. The summed E-state index contributed by atoms with van der Waals surface area (Å²) in [4.78, 5) is 0. The van der Waals surface area contributed by atoms with Crippen LogP contribution in [0.4, 0.5) is 0 Å².